The lowest BCUT2D eigenvalue weighted by Gasteiger charge is -2.14. The minimum Gasteiger partial charge on any atom is -0.493 e. The number of hydrogen-bond donors (Lipinski definition) is 1. The smallest absolute Gasteiger partial charge is 0.126 e. The monoisotopic (exact) mass is 297 g/mol. The van der Waals surface area contributed by atoms with Crippen LogP contribution in [0, 0.1) is 12.8 Å². The largest absolute Gasteiger partial charge is 0.493 e. The van der Waals surface area contributed by atoms with Crippen molar-refractivity contribution < 1.29 is 4.74 Å². The van der Waals surface area contributed by atoms with E-state index in [4.69, 9.17) is 4.74 Å². The van der Waals surface area contributed by atoms with Gasteiger partial charge in [0.15, 0.2) is 0 Å². The fourth-order valence-electron chi connectivity index (χ4n) is 2.06. The van der Waals surface area contributed by atoms with Gasteiger partial charge in [-0.2, -0.15) is 0 Å². The molecule has 1 aromatic rings. The predicted octanol–water partition coefficient (Wildman–Crippen LogP) is 3.66. The van der Waals surface area contributed by atoms with Crippen molar-refractivity contribution in [1.82, 2.24) is 5.32 Å². The summed E-state index contributed by atoms with van der Waals surface area (Å²) in [4.78, 5) is 0. The highest BCUT2D eigenvalue weighted by Gasteiger charge is 2.21. The van der Waals surface area contributed by atoms with Gasteiger partial charge in [-0.3, -0.25) is 0 Å². The van der Waals surface area contributed by atoms with E-state index < -0.39 is 0 Å². The highest BCUT2D eigenvalue weighted by atomic mass is 79.9. The first kappa shape index (κ1) is 12.9. The summed E-state index contributed by atoms with van der Waals surface area (Å²) in [6, 6.07) is 4.25. The van der Waals surface area contributed by atoms with Gasteiger partial charge in [0.1, 0.15) is 5.75 Å². The lowest BCUT2D eigenvalue weighted by atomic mass is 10.1. The molecule has 0 radical (unpaired) electrons. The molecular weight excluding hydrogens is 278 g/mol. The summed E-state index contributed by atoms with van der Waals surface area (Å²) in [7, 11) is 1.96. The van der Waals surface area contributed by atoms with Crippen LogP contribution in [0.5, 0.6) is 5.75 Å². The highest BCUT2D eigenvalue weighted by Crippen LogP contribution is 2.33. The SMILES string of the molecule is CNCc1cc(Br)cc(C)c1OCCC1CC1. The molecule has 17 heavy (non-hydrogen) atoms. The van der Waals surface area contributed by atoms with Crippen molar-refractivity contribution >= 4 is 15.9 Å². The topological polar surface area (TPSA) is 21.3 Å². The Bertz CT molecular complexity index is 388. The maximum atomic E-state index is 5.97. The molecule has 1 aromatic carbocycles. The van der Waals surface area contributed by atoms with Crippen LogP contribution in [0.1, 0.15) is 30.4 Å². The normalized spacial score (nSPS) is 15.0. The summed E-state index contributed by atoms with van der Waals surface area (Å²) < 4.78 is 7.09. The second-order valence-corrected chi connectivity index (χ2v) is 5.74. The molecule has 3 heteroatoms. The number of rotatable bonds is 6. The second-order valence-electron chi connectivity index (χ2n) is 4.82. The van der Waals surface area contributed by atoms with Crippen LogP contribution < -0.4 is 10.1 Å². The standard InChI is InChI=1S/C14H20BrNO/c1-10-7-13(15)8-12(9-16-2)14(10)17-6-5-11-3-4-11/h7-8,11,16H,3-6,9H2,1-2H3. The van der Waals surface area contributed by atoms with Crippen molar-refractivity contribution in [3.05, 3.63) is 27.7 Å². The molecule has 1 aliphatic carbocycles. The van der Waals surface area contributed by atoms with E-state index in [9.17, 15) is 0 Å². The van der Waals surface area contributed by atoms with Crippen molar-refractivity contribution in [1.29, 1.82) is 0 Å². The van der Waals surface area contributed by atoms with Gasteiger partial charge in [-0.1, -0.05) is 28.8 Å². The van der Waals surface area contributed by atoms with Crippen LogP contribution in [0.25, 0.3) is 0 Å². The highest BCUT2D eigenvalue weighted by molar-refractivity contribution is 9.10. The molecular formula is C14H20BrNO. The average molecular weight is 298 g/mol. The summed E-state index contributed by atoms with van der Waals surface area (Å²) in [6.07, 6.45) is 3.99. The number of halogens is 1. The molecule has 1 N–H and O–H groups in total. The van der Waals surface area contributed by atoms with Crippen LogP contribution in [-0.4, -0.2) is 13.7 Å². The Hall–Kier alpha value is -0.540. The lowest BCUT2D eigenvalue weighted by Crippen LogP contribution is -2.09. The molecule has 0 aromatic heterocycles. The van der Waals surface area contributed by atoms with Crippen molar-refractivity contribution in [3.8, 4) is 5.75 Å². The Labute approximate surface area is 112 Å². The summed E-state index contributed by atoms with van der Waals surface area (Å²) >= 11 is 3.54. The quantitative estimate of drug-likeness (QED) is 0.865. The first-order valence-electron chi connectivity index (χ1n) is 6.27. The molecule has 0 aliphatic heterocycles. The van der Waals surface area contributed by atoms with Gasteiger partial charge in [0.2, 0.25) is 0 Å². The summed E-state index contributed by atoms with van der Waals surface area (Å²) in [5.41, 5.74) is 2.44. The van der Waals surface area contributed by atoms with Gasteiger partial charge >= 0.3 is 0 Å². The van der Waals surface area contributed by atoms with Crippen molar-refractivity contribution in [2.24, 2.45) is 5.92 Å². The van der Waals surface area contributed by atoms with E-state index in [1.54, 1.807) is 0 Å². The Morgan fingerprint density at radius 1 is 1.41 bits per heavy atom. The first-order chi connectivity index (χ1) is 8.20. The molecule has 94 valence electrons. The molecule has 0 amide bonds. The fraction of sp³-hybridized carbons (Fsp3) is 0.571. The maximum Gasteiger partial charge on any atom is 0.126 e. The van der Waals surface area contributed by atoms with E-state index in [2.05, 4.69) is 40.3 Å². The van der Waals surface area contributed by atoms with E-state index in [0.717, 1.165) is 29.3 Å². The zero-order chi connectivity index (χ0) is 12.3. The first-order valence-corrected chi connectivity index (χ1v) is 7.06. The van der Waals surface area contributed by atoms with E-state index in [0.29, 0.717) is 0 Å². The average Bonchev–Trinajstić information content (AvgIpc) is 3.06. The van der Waals surface area contributed by atoms with Crippen LogP contribution in [0.15, 0.2) is 16.6 Å². The Morgan fingerprint density at radius 3 is 2.82 bits per heavy atom. The van der Waals surface area contributed by atoms with Crippen LogP contribution in [0.2, 0.25) is 0 Å². The molecule has 0 atom stereocenters. The molecule has 0 bridgehead atoms. The van der Waals surface area contributed by atoms with Crippen molar-refractivity contribution in [3.63, 3.8) is 0 Å². The number of hydrogen-bond acceptors (Lipinski definition) is 2. The zero-order valence-electron chi connectivity index (χ0n) is 10.6. The number of aryl methyl sites for hydroxylation is 1. The van der Waals surface area contributed by atoms with E-state index in [1.807, 2.05) is 7.05 Å². The molecule has 2 rings (SSSR count). The summed E-state index contributed by atoms with van der Waals surface area (Å²) in [5.74, 6) is 1.99. The minimum absolute atomic E-state index is 0.846. The fourth-order valence-corrected chi connectivity index (χ4v) is 2.68. The van der Waals surface area contributed by atoms with Crippen LogP contribution >= 0.6 is 15.9 Å². The van der Waals surface area contributed by atoms with Gasteiger partial charge in [0.25, 0.3) is 0 Å². The molecule has 1 saturated carbocycles. The van der Waals surface area contributed by atoms with Gasteiger partial charge in [-0.15, -0.1) is 0 Å². The molecule has 2 nitrogen and oxygen atoms in total. The van der Waals surface area contributed by atoms with Crippen molar-refractivity contribution in [2.45, 2.75) is 32.7 Å². The molecule has 0 saturated heterocycles. The van der Waals surface area contributed by atoms with E-state index >= 15 is 0 Å². The molecule has 1 aliphatic rings. The minimum atomic E-state index is 0.846. The summed E-state index contributed by atoms with van der Waals surface area (Å²) in [5, 5.41) is 3.19. The maximum absolute atomic E-state index is 5.97. The number of benzene rings is 1. The van der Waals surface area contributed by atoms with Gasteiger partial charge in [0.05, 0.1) is 6.61 Å². The third-order valence-electron chi connectivity index (χ3n) is 3.15. The Kier molecular flexibility index (Phi) is 4.46. The zero-order valence-corrected chi connectivity index (χ0v) is 12.1. The Morgan fingerprint density at radius 2 is 2.18 bits per heavy atom. The van der Waals surface area contributed by atoms with Crippen LogP contribution in [0.3, 0.4) is 0 Å². The van der Waals surface area contributed by atoms with E-state index in [1.165, 1.54) is 30.4 Å². The second kappa shape index (κ2) is 5.87. The molecule has 0 heterocycles. The van der Waals surface area contributed by atoms with Gasteiger partial charge in [-0.05, 0) is 44.0 Å². The van der Waals surface area contributed by atoms with Crippen LogP contribution in [-0.2, 0) is 6.54 Å². The third kappa shape index (κ3) is 3.71. The molecule has 0 spiro atoms. The lowest BCUT2D eigenvalue weighted by molar-refractivity contribution is 0.297. The van der Waals surface area contributed by atoms with Gasteiger partial charge < -0.3 is 10.1 Å². The van der Waals surface area contributed by atoms with Crippen molar-refractivity contribution in [2.75, 3.05) is 13.7 Å². The third-order valence-corrected chi connectivity index (χ3v) is 3.61. The number of nitrogens with one attached hydrogen (secondary N) is 1. The van der Waals surface area contributed by atoms with Gasteiger partial charge in [0, 0.05) is 16.6 Å². The number of ether oxygens (including phenoxy) is 1. The predicted molar refractivity (Wildman–Crippen MR) is 74.5 cm³/mol. The summed E-state index contributed by atoms with van der Waals surface area (Å²) in [6.45, 7) is 3.80. The van der Waals surface area contributed by atoms with Crippen LogP contribution in [0.4, 0.5) is 0 Å². The van der Waals surface area contributed by atoms with Gasteiger partial charge in [-0.25, -0.2) is 0 Å². The van der Waals surface area contributed by atoms with E-state index in [-0.39, 0.29) is 0 Å². The Balaban J connectivity index is 2.05. The molecule has 1 fully saturated rings. The molecule has 0 unspecified atom stereocenters.